The molecule has 116 valence electrons. The third-order valence-electron chi connectivity index (χ3n) is 4.20. The molecular formula is C17H26N2O2. The van der Waals surface area contributed by atoms with E-state index in [4.69, 9.17) is 0 Å². The Kier molecular flexibility index (Phi) is 6.05. The number of hydrogen-bond acceptors (Lipinski definition) is 3. The Bertz CT molecular complexity index is 462. The molecule has 2 atom stereocenters. The van der Waals surface area contributed by atoms with Gasteiger partial charge in [0, 0.05) is 30.8 Å². The third-order valence-corrected chi connectivity index (χ3v) is 4.20. The van der Waals surface area contributed by atoms with Gasteiger partial charge in [-0.05, 0) is 31.4 Å². The molecule has 21 heavy (non-hydrogen) atoms. The lowest BCUT2D eigenvalue weighted by Crippen LogP contribution is -2.43. The normalized spacial score (nSPS) is 21.8. The SMILES string of the molecule is CCCNc1ccccc1C(=O)NC1CCCCC1CO. The Hall–Kier alpha value is -1.55. The molecule has 0 radical (unpaired) electrons. The fourth-order valence-electron chi connectivity index (χ4n) is 2.96. The maximum absolute atomic E-state index is 12.5. The van der Waals surface area contributed by atoms with E-state index in [1.807, 2.05) is 24.3 Å². The van der Waals surface area contributed by atoms with Gasteiger partial charge in [-0.3, -0.25) is 4.79 Å². The molecule has 0 saturated heterocycles. The van der Waals surface area contributed by atoms with Crippen LogP contribution in [0.1, 0.15) is 49.4 Å². The number of hydrogen-bond donors (Lipinski definition) is 3. The Labute approximate surface area is 126 Å². The second kappa shape index (κ2) is 8.03. The van der Waals surface area contributed by atoms with Gasteiger partial charge in [0.05, 0.1) is 5.56 Å². The van der Waals surface area contributed by atoms with Crippen molar-refractivity contribution >= 4 is 11.6 Å². The van der Waals surface area contributed by atoms with E-state index in [2.05, 4.69) is 17.6 Å². The van der Waals surface area contributed by atoms with E-state index < -0.39 is 0 Å². The molecule has 0 aliphatic heterocycles. The quantitative estimate of drug-likeness (QED) is 0.755. The average Bonchev–Trinajstić information content (AvgIpc) is 2.53. The zero-order valence-electron chi connectivity index (χ0n) is 12.8. The number of anilines is 1. The summed E-state index contributed by atoms with van der Waals surface area (Å²) < 4.78 is 0. The van der Waals surface area contributed by atoms with Gasteiger partial charge in [-0.1, -0.05) is 31.9 Å². The van der Waals surface area contributed by atoms with Crippen molar-refractivity contribution in [3.05, 3.63) is 29.8 Å². The summed E-state index contributed by atoms with van der Waals surface area (Å²) in [5.74, 6) is 0.151. The highest BCUT2D eigenvalue weighted by Crippen LogP contribution is 2.25. The fraction of sp³-hybridized carbons (Fsp3) is 0.588. The first-order chi connectivity index (χ1) is 10.3. The van der Waals surface area contributed by atoms with Crippen LogP contribution in [0.4, 0.5) is 5.69 Å². The highest BCUT2D eigenvalue weighted by molar-refractivity contribution is 5.99. The molecule has 1 aromatic carbocycles. The molecule has 0 heterocycles. The molecule has 1 amide bonds. The van der Waals surface area contributed by atoms with E-state index in [0.29, 0.717) is 5.56 Å². The summed E-state index contributed by atoms with van der Waals surface area (Å²) in [6.07, 6.45) is 5.24. The molecule has 0 spiro atoms. The van der Waals surface area contributed by atoms with Crippen molar-refractivity contribution in [3.63, 3.8) is 0 Å². The van der Waals surface area contributed by atoms with Crippen molar-refractivity contribution in [2.45, 2.75) is 45.1 Å². The minimum atomic E-state index is -0.0421. The first kappa shape index (κ1) is 15.8. The molecule has 1 fully saturated rings. The van der Waals surface area contributed by atoms with Gasteiger partial charge in [0.25, 0.3) is 5.91 Å². The van der Waals surface area contributed by atoms with Gasteiger partial charge in [-0.2, -0.15) is 0 Å². The van der Waals surface area contributed by atoms with E-state index in [1.165, 1.54) is 0 Å². The number of para-hydroxylation sites is 1. The molecular weight excluding hydrogens is 264 g/mol. The molecule has 1 aromatic rings. The van der Waals surface area contributed by atoms with Gasteiger partial charge in [0.15, 0.2) is 0 Å². The minimum absolute atomic E-state index is 0.0421. The minimum Gasteiger partial charge on any atom is -0.396 e. The monoisotopic (exact) mass is 290 g/mol. The van der Waals surface area contributed by atoms with Crippen LogP contribution >= 0.6 is 0 Å². The molecule has 3 N–H and O–H groups in total. The molecule has 1 aliphatic carbocycles. The Balaban J connectivity index is 2.05. The molecule has 0 bridgehead atoms. The lowest BCUT2D eigenvalue weighted by Gasteiger charge is -2.31. The van der Waals surface area contributed by atoms with Crippen LogP contribution in [-0.4, -0.2) is 30.2 Å². The van der Waals surface area contributed by atoms with E-state index in [1.54, 1.807) is 0 Å². The largest absolute Gasteiger partial charge is 0.396 e. The zero-order valence-corrected chi connectivity index (χ0v) is 12.8. The first-order valence-electron chi connectivity index (χ1n) is 8.01. The molecule has 1 saturated carbocycles. The highest BCUT2D eigenvalue weighted by Gasteiger charge is 2.26. The standard InChI is InChI=1S/C17H26N2O2/c1-2-11-18-16-10-6-4-8-14(16)17(21)19-15-9-5-3-7-13(15)12-20/h4,6,8,10,13,15,18,20H,2-3,5,7,9,11-12H2,1H3,(H,19,21). The van der Waals surface area contributed by atoms with Crippen LogP contribution in [0.3, 0.4) is 0 Å². The van der Waals surface area contributed by atoms with Gasteiger partial charge in [0.1, 0.15) is 0 Å². The van der Waals surface area contributed by atoms with Crippen LogP contribution in [0.15, 0.2) is 24.3 Å². The summed E-state index contributed by atoms with van der Waals surface area (Å²) in [7, 11) is 0. The predicted octanol–water partition coefficient (Wildman–Crippen LogP) is 2.79. The van der Waals surface area contributed by atoms with Gasteiger partial charge >= 0.3 is 0 Å². The van der Waals surface area contributed by atoms with E-state index >= 15 is 0 Å². The van der Waals surface area contributed by atoms with Gasteiger partial charge < -0.3 is 15.7 Å². The maximum Gasteiger partial charge on any atom is 0.253 e. The molecule has 4 heteroatoms. The van der Waals surface area contributed by atoms with Crippen molar-refractivity contribution < 1.29 is 9.90 Å². The summed E-state index contributed by atoms with van der Waals surface area (Å²) in [6.45, 7) is 3.11. The number of aliphatic hydroxyl groups is 1. The smallest absolute Gasteiger partial charge is 0.253 e. The number of carbonyl (C=O) groups excluding carboxylic acids is 1. The molecule has 0 aromatic heterocycles. The number of rotatable bonds is 6. The highest BCUT2D eigenvalue weighted by atomic mass is 16.3. The van der Waals surface area contributed by atoms with Crippen LogP contribution in [0.2, 0.25) is 0 Å². The lowest BCUT2D eigenvalue weighted by atomic mass is 9.85. The molecule has 2 rings (SSSR count). The summed E-state index contributed by atoms with van der Waals surface area (Å²) in [4.78, 5) is 12.5. The Morgan fingerprint density at radius 2 is 2.05 bits per heavy atom. The van der Waals surface area contributed by atoms with E-state index in [0.717, 1.165) is 44.3 Å². The summed E-state index contributed by atoms with van der Waals surface area (Å²) in [5, 5.41) is 15.9. The second-order valence-electron chi connectivity index (χ2n) is 5.78. The molecule has 2 unspecified atom stereocenters. The predicted molar refractivity (Wildman–Crippen MR) is 85.5 cm³/mol. The molecule has 1 aliphatic rings. The van der Waals surface area contributed by atoms with Gasteiger partial charge in [0.2, 0.25) is 0 Å². The topological polar surface area (TPSA) is 61.4 Å². The number of amides is 1. The van der Waals surface area contributed by atoms with Crippen LogP contribution in [0.25, 0.3) is 0 Å². The number of nitrogens with one attached hydrogen (secondary N) is 2. The van der Waals surface area contributed by atoms with Crippen molar-refractivity contribution in [3.8, 4) is 0 Å². The third kappa shape index (κ3) is 4.21. The number of carbonyl (C=O) groups is 1. The number of aliphatic hydroxyl groups excluding tert-OH is 1. The fourth-order valence-corrected chi connectivity index (χ4v) is 2.96. The Morgan fingerprint density at radius 1 is 1.29 bits per heavy atom. The number of benzene rings is 1. The first-order valence-corrected chi connectivity index (χ1v) is 8.01. The van der Waals surface area contributed by atoms with Crippen LogP contribution < -0.4 is 10.6 Å². The van der Waals surface area contributed by atoms with Crippen LogP contribution in [-0.2, 0) is 0 Å². The Morgan fingerprint density at radius 3 is 2.81 bits per heavy atom. The van der Waals surface area contributed by atoms with Crippen molar-refractivity contribution in [2.24, 2.45) is 5.92 Å². The van der Waals surface area contributed by atoms with Crippen LogP contribution in [0.5, 0.6) is 0 Å². The zero-order chi connectivity index (χ0) is 15.1. The average molecular weight is 290 g/mol. The van der Waals surface area contributed by atoms with E-state index in [-0.39, 0.29) is 24.5 Å². The van der Waals surface area contributed by atoms with Crippen molar-refractivity contribution in [2.75, 3.05) is 18.5 Å². The molecule has 4 nitrogen and oxygen atoms in total. The van der Waals surface area contributed by atoms with Crippen molar-refractivity contribution in [1.29, 1.82) is 0 Å². The summed E-state index contributed by atoms with van der Waals surface area (Å²) >= 11 is 0. The van der Waals surface area contributed by atoms with Crippen molar-refractivity contribution in [1.82, 2.24) is 5.32 Å². The second-order valence-corrected chi connectivity index (χ2v) is 5.78. The van der Waals surface area contributed by atoms with Gasteiger partial charge in [-0.25, -0.2) is 0 Å². The van der Waals surface area contributed by atoms with Crippen LogP contribution in [0, 0.1) is 5.92 Å². The van der Waals surface area contributed by atoms with Gasteiger partial charge in [-0.15, -0.1) is 0 Å². The summed E-state index contributed by atoms with van der Waals surface area (Å²) in [6, 6.07) is 7.71. The summed E-state index contributed by atoms with van der Waals surface area (Å²) in [5.41, 5.74) is 1.57. The maximum atomic E-state index is 12.5. The van der Waals surface area contributed by atoms with E-state index in [9.17, 15) is 9.90 Å². The lowest BCUT2D eigenvalue weighted by molar-refractivity contribution is 0.0873.